The molecule has 100 valence electrons. The first-order chi connectivity index (χ1) is 8.31. The molecule has 0 heterocycles. The van der Waals surface area contributed by atoms with Gasteiger partial charge in [-0.25, -0.2) is 4.39 Å². The molecule has 7 heteroatoms. The monoisotopic (exact) mass is 266 g/mol. The van der Waals surface area contributed by atoms with Gasteiger partial charge in [0.15, 0.2) is 0 Å². The molecule has 0 aliphatic rings. The number of halogens is 4. The van der Waals surface area contributed by atoms with Crippen LogP contribution in [0.2, 0.25) is 0 Å². The van der Waals surface area contributed by atoms with E-state index >= 15 is 0 Å². The fourth-order valence-corrected chi connectivity index (χ4v) is 1.34. The van der Waals surface area contributed by atoms with Crippen molar-refractivity contribution >= 4 is 5.78 Å². The molecule has 0 aliphatic heterocycles. The zero-order chi connectivity index (χ0) is 13.9. The van der Waals surface area contributed by atoms with Crippen molar-refractivity contribution in [2.75, 3.05) is 14.2 Å². The van der Waals surface area contributed by atoms with Gasteiger partial charge in [0.05, 0.1) is 5.56 Å². The van der Waals surface area contributed by atoms with E-state index in [4.69, 9.17) is 0 Å². The fraction of sp³-hybridized carbons (Fsp3) is 0.364. The molecule has 0 aromatic heterocycles. The number of hydrogen-bond acceptors (Lipinski definition) is 3. The van der Waals surface area contributed by atoms with Crippen LogP contribution in [-0.4, -0.2) is 26.3 Å². The van der Waals surface area contributed by atoms with Crippen LogP contribution in [0.4, 0.5) is 17.6 Å². The second-order valence-electron chi connectivity index (χ2n) is 3.36. The summed E-state index contributed by atoms with van der Waals surface area (Å²) in [5.41, 5.74) is -1.68. The van der Waals surface area contributed by atoms with Crippen molar-refractivity contribution in [2.45, 2.75) is 12.5 Å². The third-order valence-corrected chi connectivity index (χ3v) is 2.20. The van der Waals surface area contributed by atoms with Gasteiger partial charge < -0.3 is 9.47 Å². The highest BCUT2D eigenvalue weighted by atomic mass is 19.4. The Labute approximate surface area is 100 Å². The Balaban J connectivity index is 3.08. The minimum absolute atomic E-state index is 0.255. The van der Waals surface area contributed by atoms with E-state index in [-0.39, 0.29) is 5.56 Å². The highest BCUT2D eigenvalue weighted by molar-refractivity contribution is 5.98. The van der Waals surface area contributed by atoms with Crippen LogP contribution in [0.25, 0.3) is 0 Å². The molecule has 1 aromatic rings. The maximum Gasteiger partial charge on any atom is 0.419 e. The summed E-state index contributed by atoms with van der Waals surface area (Å²) in [7, 11) is 2.37. The van der Waals surface area contributed by atoms with Gasteiger partial charge in [-0.2, -0.15) is 13.2 Å². The first kappa shape index (κ1) is 14.6. The largest absolute Gasteiger partial charge is 0.419 e. The summed E-state index contributed by atoms with van der Waals surface area (Å²) < 4.78 is 59.4. The van der Waals surface area contributed by atoms with Gasteiger partial charge in [0.1, 0.15) is 5.82 Å². The Morgan fingerprint density at radius 2 is 1.78 bits per heavy atom. The Kier molecular flexibility index (Phi) is 4.42. The fourth-order valence-electron chi connectivity index (χ4n) is 1.34. The van der Waals surface area contributed by atoms with Gasteiger partial charge in [-0.1, -0.05) is 6.07 Å². The van der Waals surface area contributed by atoms with Crippen molar-refractivity contribution in [3.63, 3.8) is 0 Å². The molecule has 0 atom stereocenters. The molecule has 0 radical (unpaired) electrons. The second-order valence-corrected chi connectivity index (χ2v) is 3.36. The Morgan fingerprint density at radius 3 is 2.17 bits per heavy atom. The number of benzene rings is 1. The van der Waals surface area contributed by atoms with Gasteiger partial charge in [0, 0.05) is 19.8 Å². The van der Waals surface area contributed by atoms with Gasteiger partial charge in [-0.3, -0.25) is 4.79 Å². The van der Waals surface area contributed by atoms with Crippen LogP contribution in [-0.2, 0) is 15.7 Å². The number of carbonyl (C=O) groups is 1. The van der Waals surface area contributed by atoms with Crippen LogP contribution in [0.1, 0.15) is 15.9 Å². The summed E-state index contributed by atoms with van der Waals surface area (Å²) >= 11 is 0. The molecular formula is C11H10F4O3. The number of rotatable bonds is 4. The van der Waals surface area contributed by atoms with E-state index in [1.54, 1.807) is 0 Å². The maximum absolute atomic E-state index is 13.2. The zero-order valence-corrected chi connectivity index (χ0v) is 9.55. The van der Waals surface area contributed by atoms with Crippen molar-refractivity contribution in [2.24, 2.45) is 0 Å². The van der Waals surface area contributed by atoms with E-state index < -0.39 is 29.6 Å². The number of Topliss-reactive ketones (excluding diaryl/α,β-unsaturated/α-hetero) is 1. The molecule has 1 rings (SSSR count). The van der Waals surface area contributed by atoms with Crippen LogP contribution >= 0.6 is 0 Å². The normalized spacial score (nSPS) is 11.9. The van der Waals surface area contributed by atoms with E-state index in [0.717, 1.165) is 6.07 Å². The van der Waals surface area contributed by atoms with Gasteiger partial charge in [0.25, 0.3) is 0 Å². The molecule has 0 aliphatic carbocycles. The Morgan fingerprint density at radius 1 is 1.22 bits per heavy atom. The predicted molar refractivity (Wildman–Crippen MR) is 53.5 cm³/mol. The van der Waals surface area contributed by atoms with Crippen molar-refractivity contribution in [3.8, 4) is 0 Å². The van der Waals surface area contributed by atoms with Gasteiger partial charge in [-0.05, 0) is 12.1 Å². The minimum atomic E-state index is -4.80. The minimum Gasteiger partial charge on any atom is -0.349 e. The quantitative estimate of drug-likeness (QED) is 0.477. The Hall–Kier alpha value is -1.47. The van der Waals surface area contributed by atoms with Gasteiger partial charge in [0.2, 0.25) is 12.1 Å². The number of carbonyl (C=O) groups excluding carboxylic acids is 1. The molecule has 18 heavy (non-hydrogen) atoms. The highest BCUT2D eigenvalue weighted by Crippen LogP contribution is 2.31. The number of ether oxygens (including phenoxy) is 2. The molecule has 0 amide bonds. The van der Waals surface area contributed by atoms with Crippen LogP contribution < -0.4 is 0 Å². The van der Waals surface area contributed by atoms with Gasteiger partial charge in [-0.15, -0.1) is 0 Å². The third kappa shape index (κ3) is 3.05. The topological polar surface area (TPSA) is 35.5 Å². The van der Waals surface area contributed by atoms with Crippen molar-refractivity contribution in [1.82, 2.24) is 0 Å². The molecule has 0 fully saturated rings. The van der Waals surface area contributed by atoms with Crippen LogP contribution in [0, 0.1) is 5.82 Å². The smallest absolute Gasteiger partial charge is 0.349 e. The number of methoxy groups -OCH3 is 2. The first-order valence-corrected chi connectivity index (χ1v) is 4.77. The van der Waals surface area contributed by atoms with E-state index in [0.29, 0.717) is 12.1 Å². The van der Waals surface area contributed by atoms with E-state index in [9.17, 15) is 22.4 Å². The molecular weight excluding hydrogens is 256 g/mol. The molecule has 0 saturated heterocycles. The summed E-state index contributed by atoms with van der Waals surface area (Å²) in [5.74, 6) is -2.27. The molecule has 3 nitrogen and oxygen atoms in total. The van der Waals surface area contributed by atoms with Crippen molar-refractivity contribution in [1.29, 1.82) is 0 Å². The van der Waals surface area contributed by atoms with Crippen LogP contribution in [0.5, 0.6) is 0 Å². The summed E-state index contributed by atoms with van der Waals surface area (Å²) in [6.45, 7) is 0. The molecule has 0 spiro atoms. The molecule has 0 N–H and O–H groups in total. The maximum atomic E-state index is 13.2. The molecule has 0 bridgehead atoms. The average Bonchev–Trinajstić information content (AvgIpc) is 2.28. The average molecular weight is 266 g/mol. The van der Waals surface area contributed by atoms with Crippen LogP contribution in [0.15, 0.2) is 18.2 Å². The molecule has 0 saturated carbocycles. The lowest BCUT2D eigenvalue weighted by Gasteiger charge is -2.13. The number of hydrogen-bond donors (Lipinski definition) is 0. The van der Waals surface area contributed by atoms with E-state index in [1.165, 1.54) is 14.2 Å². The van der Waals surface area contributed by atoms with E-state index in [2.05, 4.69) is 9.47 Å². The molecule has 1 aromatic carbocycles. The SMILES string of the molecule is COC(OC)C(=O)c1ccc(C(F)(F)F)c(F)c1. The highest BCUT2D eigenvalue weighted by Gasteiger charge is 2.34. The summed E-state index contributed by atoms with van der Waals surface area (Å²) in [6, 6.07) is 1.89. The predicted octanol–water partition coefficient (Wildman–Crippen LogP) is 2.65. The lowest BCUT2D eigenvalue weighted by molar-refractivity contribution is -0.140. The summed E-state index contributed by atoms with van der Waals surface area (Å²) in [6.07, 6.45) is -6.07. The van der Waals surface area contributed by atoms with E-state index in [1.807, 2.05) is 0 Å². The second kappa shape index (κ2) is 5.45. The van der Waals surface area contributed by atoms with Crippen molar-refractivity contribution < 1.29 is 31.8 Å². The van der Waals surface area contributed by atoms with Crippen molar-refractivity contribution in [3.05, 3.63) is 35.1 Å². The first-order valence-electron chi connectivity index (χ1n) is 4.77. The number of alkyl halides is 3. The standard InChI is InChI=1S/C11H10F4O3/c1-17-10(18-2)9(16)6-3-4-7(8(12)5-6)11(13,14)15/h3-5,10H,1-2H3. The Bertz CT molecular complexity index is 438. The van der Waals surface area contributed by atoms with Gasteiger partial charge >= 0.3 is 6.18 Å². The van der Waals surface area contributed by atoms with Crippen LogP contribution in [0.3, 0.4) is 0 Å². The summed E-state index contributed by atoms with van der Waals surface area (Å²) in [5, 5.41) is 0. The number of ketones is 1. The zero-order valence-electron chi connectivity index (χ0n) is 9.55. The lowest BCUT2D eigenvalue weighted by atomic mass is 10.1. The third-order valence-electron chi connectivity index (χ3n) is 2.20. The molecule has 0 unspecified atom stereocenters. The lowest BCUT2D eigenvalue weighted by Crippen LogP contribution is -2.25. The summed E-state index contributed by atoms with van der Waals surface area (Å²) in [4.78, 5) is 11.6.